The predicted molar refractivity (Wildman–Crippen MR) is 66.4 cm³/mol. The summed E-state index contributed by atoms with van der Waals surface area (Å²) in [5, 5.41) is 3.26. The summed E-state index contributed by atoms with van der Waals surface area (Å²) in [5.41, 5.74) is 0.101. The molecule has 1 N–H and O–H groups in total. The molecule has 94 valence electrons. The molecule has 0 atom stereocenters. The Bertz CT molecular complexity index is 234. The molecule has 0 aromatic rings. The molecule has 0 bridgehead atoms. The van der Waals surface area contributed by atoms with E-state index in [2.05, 4.69) is 31.0 Å². The van der Waals surface area contributed by atoms with Crippen LogP contribution < -0.4 is 5.32 Å². The van der Waals surface area contributed by atoms with Crippen LogP contribution in [-0.2, 0) is 4.79 Å². The Morgan fingerprint density at radius 3 is 2.44 bits per heavy atom. The lowest BCUT2D eigenvalue weighted by molar-refractivity contribution is -0.133. The highest BCUT2D eigenvalue weighted by Gasteiger charge is 2.25. The van der Waals surface area contributed by atoms with E-state index >= 15 is 0 Å². The minimum atomic E-state index is 0.101. The summed E-state index contributed by atoms with van der Waals surface area (Å²) < 4.78 is 0. The van der Waals surface area contributed by atoms with Gasteiger partial charge in [-0.2, -0.15) is 0 Å². The Hall–Kier alpha value is -0.610. The van der Waals surface area contributed by atoms with Crippen LogP contribution in [0.5, 0.6) is 0 Å². The molecule has 4 heteroatoms. The fourth-order valence-electron chi connectivity index (χ4n) is 1.70. The minimum Gasteiger partial charge on any atom is -0.339 e. The highest BCUT2D eigenvalue weighted by molar-refractivity contribution is 5.78. The van der Waals surface area contributed by atoms with E-state index in [4.69, 9.17) is 0 Å². The molecular weight excluding hydrogens is 202 g/mol. The van der Waals surface area contributed by atoms with Crippen molar-refractivity contribution in [1.29, 1.82) is 0 Å². The van der Waals surface area contributed by atoms with Gasteiger partial charge in [-0.25, -0.2) is 0 Å². The van der Waals surface area contributed by atoms with Gasteiger partial charge in [-0.1, -0.05) is 6.92 Å². The highest BCUT2D eigenvalue weighted by atomic mass is 16.2. The monoisotopic (exact) mass is 227 g/mol. The van der Waals surface area contributed by atoms with Gasteiger partial charge in [0.25, 0.3) is 0 Å². The number of carbonyl (C=O) groups is 1. The number of carbonyl (C=O) groups excluding carboxylic acids is 1. The van der Waals surface area contributed by atoms with Crippen molar-refractivity contribution < 1.29 is 4.79 Å². The van der Waals surface area contributed by atoms with E-state index in [-0.39, 0.29) is 11.4 Å². The van der Waals surface area contributed by atoms with Crippen LogP contribution in [0.25, 0.3) is 0 Å². The molecule has 0 saturated carbocycles. The van der Waals surface area contributed by atoms with Gasteiger partial charge in [-0.3, -0.25) is 9.69 Å². The van der Waals surface area contributed by atoms with Crippen molar-refractivity contribution in [3.8, 4) is 0 Å². The predicted octanol–water partition coefficient (Wildman–Crippen LogP) is 0.539. The van der Waals surface area contributed by atoms with Gasteiger partial charge in [0.2, 0.25) is 5.91 Å². The number of hydrogen-bond donors (Lipinski definition) is 1. The summed E-state index contributed by atoms with van der Waals surface area (Å²) in [6.45, 7) is 10.6. The van der Waals surface area contributed by atoms with E-state index in [0.717, 1.165) is 32.6 Å². The molecule has 1 aliphatic rings. The van der Waals surface area contributed by atoms with Crippen LogP contribution in [0.15, 0.2) is 0 Å². The Balaban J connectivity index is 2.43. The van der Waals surface area contributed by atoms with Crippen LogP contribution in [0.3, 0.4) is 0 Å². The fourth-order valence-corrected chi connectivity index (χ4v) is 1.70. The lowest BCUT2D eigenvalue weighted by Crippen LogP contribution is -2.52. The number of likely N-dealkylation sites (N-methyl/N-ethyl adjacent to an activating group) is 1. The number of piperazine rings is 1. The van der Waals surface area contributed by atoms with Crippen molar-refractivity contribution in [1.82, 2.24) is 15.1 Å². The zero-order valence-electron chi connectivity index (χ0n) is 11.0. The summed E-state index contributed by atoms with van der Waals surface area (Å²) in [5.74, 6) is 0.255. The first-order valence-electron chi connectivity index (χ1n) is 6.17. The van der Waals surface area contributed by atoms with Crippen molar-refractivity contribution >= 4 is 5.91 Å². The van der Waals surface area contributed by atoms with Gasteiger partial charge in [-0.15, -0.1) is 0 Å². The van der Waals surface area contributed by atoms with Crippen LogP contribution >= 0.6 is 0 Å². The smallest absolute Gasteiger partial charge is 0.236 e. The van der Waals surface area contributed by atoms with Crippen molar-refractivity contribution in [2.45, 2.75) is 32.7 Å². The zero-order chi connectivity index (χ0) is 12.2. The minimum absolute atomic E-state index is 0.101. The average Bonchev–Trinajstić information content (AvgIpc) is 2.30. The molecule has 0 aromatic carbocycles. The quantitative estimate of drug-likeness (QED) is 0.761. The number of rotatable bonds is 4. The van der Waals surface area contributed by atoms with Gasteiger partial charge in [0.15, 0.2) is 0 Å². The van der Waals surface area contributed by atoms with Gasteiger partial charge < -0.3 is 10.2 Å². The van der Waals surface area contributed by atoms with Crippen LogP contribution in [-0.4, -0.2) is 61.0 Å². The van der Waals surface area contributed by atoms with Crippen LogP contribution in [0, 0.1) is 0 Å². The number of amides is 1. The van der Waals surface area contributed by atoms with E-state index in [1.54, 1.807) is 0 Å². The molecule has 0 aliphatic carbocycles. The third-order valence-electron chi connectivity index (χ3n) is 3.74. The second kappa shape index (κ2) is 5.64. The largest absolute Gasteiger partial charge is 0.339 e. The van der Waals surface area contributed by atoms with Crippen molar-refractivity contribution in [2.75, 3.05) is 39.8 Å². The first-order chi connectivity index (χ1) is 7.47. The molecule has 0 radical (unpaired) electrons. The maximum atomic E-state index is 12.0. The van der Waals surface area contributed by atoms with Crippen LogP contribution in [0.1, 0.15) is 27.2 Å². The molecule has 0 unspecified atom stereocenters. The van der Waals surface area contributed by atoms with Gasteiger partial charge in [0.05, 0.1) is 6.54 Å². The normalized spacial score (nSPS) is 17.9. The second-order valence-corrected chi connectivity index (χ2v) is 5.15. The van der Waals surface area contributed by atoms with E-state index in [1.165, 1.54) is 0 Å². The Morgan fingerprint density at radius 1 is 1.38 bits per heavy atom. The summed E-state index contributed by atoms with van der Waals surface area (Å²) in [7, 11) is 2.03. The Kier molecular flexibility index (Phi) is 4.74. The maximum absolute atomic E-state index is 12.0. The third-order valence-corrected chi connectivity index (χ3v) is 3.74. The van der Waals surface area contributed by atoms with Gasteiger partial charge in [0.1, 0.15) is 0 Å². The van der Waals surface area contributed by atoms with E-state index in [1.807, 2.05) is 11.9 Å². The molecule has 0 spiro atoms. The molecule has 1 fully saturated rings. The average molecular weight is 227 g/mol. The SMILES string of the molecule is CCC(C)(C)N(C)CC(=O)N1CCNCC1. The number of nitrogens with zero attached hydrogens (tertiary/aromatic N) is 2. The summed E-state index contributed by atoms with van der Waals surface area (Å²) in [4.78, 5) is 16.1. The van der Waals surface area contributed by atoms with E-state index < -0.39 is 0 Å². The van der Waals surface area contributed by atoms with E-state index in [9.17, 15) is 4.79 Å². The molecule has 1 aliphatic heterocycles. The molecule has 0 aromatic heterocycles. The molecule has 1 saturated heterocycles. The van der Waals surface area contributed by atoms with Crippen molar-refractivity contribution in [3.05, 3.63) is 0 Å². The first-order valence-corrected chi connectivity index (χ1v) is 6.17. The summed E-state index contributed by atoms with van der Waals surface area (Å²) in [6.07, 6.45) is 1.05. The van der Waals surface area contributed by atoms with Crippen LogP contribution in [0.2, 0.25) is 0 Å². The second-order valence-electron chi connectivity index (χ2n) is 5.15. The lowest BCUT2D eigenvalue weighted by atomic mass is 10.00. The van der Waals surface area contributed by atoms with E-state index in [0.29, 0.717) is 6.54 Å². The first kappa shape index (κ1) is 13.5. The highest BCUT2D eigenvalue weighted by Crippen LogP contribution is 2.16. The lowest BCUT2D eigenvalue weighted by Gasteiger charge is -2.36. The van der Waals surface area contributed by atoms with Gasteiger partial charge in [0, 0.05) is 31.7 Å². The summed E-state index contributed by atoms with van der Waals surface area (Å²) >= 11 is 0. The zero-order valence-corrected chi connectivity index (χ0v) is 11.0. The molecule has 1 amide bonds. The van der Waals surface area contributed by atoms with Gasteiger partial charge in [-0.05, 0) is 27.3 Å². The third kappa shape index (κ3) is 3.46. The Morgan fingerprint density at radius 2 is 1.94 bits per heavy atom. The molecule has 1 heterocycles. The van der Waals surface area contributed by atoms with Gasteiger partial charge >= 0.3 is 0 Å². The van der Waals surface area contributed by atoms with Crippen molar-refractivity contribution in [3.63, 3.8) is 0 Å². The standard InChI is InChI=1S/C12H25N3O/c1-5-12(2,3)14(4)10-11(16)15-8-6-13-7-9-15/h13H,5-10H2,1-4H3. The Labute approximate surface area is 99.0 Å². The summed E-state index contributed by atoms with van der Waals surface area (Å²) in [6, 6.07) is 0. The topological polar surface area (TPSA) is 35.6 Å². The number of hydrogen-bond acceptors (Lipinski definition) is 3. The molecule has 1 rings (SSSR count). The number of nitrogens with one attached hydrogen (secondary N) is 1. The maximum Gasteiger partial charge on any atom is 0.236 e. The molecular formula is C12H25N3O. The molecule has 16 heavy (non-hydrogen) atoms. The fraction of sp³-hybridized carbons (Fsp3) is 0.917. The van der Waals surface area contributed by atoms with Crippen molar-refractivity contribution in [2.24, 2.45) is 0 Å². The van der Waals surface area contributed by atoms with Crippen LogP contribution in [0.4, 0.5) is 0 Å². The molecule has 4 nitrogen and oxygen atoms in total.